The lowest BCUT2D eigenvalue weighted by atomic mass is 10.0. The first kappa shape index (κ1) is 34.9. The Morgan fingerprint density at radius 1 is 0.636 bits per heavy atom. The number of nitrogens with one attached hydrogen (secondary N) is 4. The highest BCUT2D eigenvalue weighted by Crippen LogP contribution is 2.07. The SMILES string of the molecule is N[C@@H](CCC(=O)O)C(=O)N[C@@H](Cc1ccccc1)C(=O)N[C@@H](CC(=O)O)C(=O)NCC(=O)N[C@@H](Cc1ccccc1)C(=O)O. The summed E-state index contributed by atoms with van der Waals surface area (Å²) in [4.78, 5) is 85.0. The van der Waals surface area contributed by atoms with Crippen molar-refractivity contribution in [1.82, 2.24) is 21.3 Å². The molecule has 0 aliphatic carbocycles. The summed E-state index contributed by atoms with van der Waals surface area (Å²) in [6.07, 6.45) is -1.58. The van der Waals surface area contributed by atoms with Gasteiger partial charge in [-0.25, -0.2) is 4.79 Å². The topological polar surface area (TPSA) is 254 Å². The summed E-state index contributed by atoms with van der Waals surface area (Å²) in [6, 6.07) is 11.4. The molecule has 0 aromatic heterocycles. The summed E-state index contributed by atoms with van der Waals surface area (Å²) in [5, 5.41) is 36.8. The van der Waals surface area contributed by atoms with Gasteiger partial charge in [-0.2, -0.15) is 0 Å². The number of carbonyl (C=O) groups is 7. The van der Waals surface area contributed by atoms with Crippen molar-refractivity contribution in [3.05, 3.63) is 71.8 Å². The van der Waals surface area contributed by atoms with E-state index >= 15 is 0 Å². The van der Waals surface area contributed by atoms with E-state index in [1.807, 2.05) is 0 Å². The monoisotopic (exact) mass is 613 g/mol. The van der Waals surface area contributed by atoms with Crippen LogP contribution in [0.3, 0.4) is 0 Å². The summed E-state index contributed by atoms with van der Waals surface area (Å²) in [5.41, 5.74) is 7.01. The molecule has 15 heteroatoms. The molecule has 0 aliphatic heterocycles. The number of rotatable bonds is 18. The minimum Gasteiger partial charge on any atom is -0.481 e. The van der Waals surface area contributed by atoms with Gasteiger partial charge in [0.25, 0.3) is 0 Å². The minimum absolute atomic E-state index is 0.0257. The maximum atomic E-state index is 13.2. The summed E-state index contributed by atoms with van der Waals surface area (Å²) in [7, 11) is 0. The van der Waals surface area contributed by atoms with Crippen molar-refractivity contribution in [1.29, 1.82) is 0 Å². The average molecular weight is 614 g/mol. The number of hydrogen-bond acceptors (Lipinski definition) is 8. The van der Waals surface area contributed by atoms with Crippen molar-refractivity contribution < 1.29 is 48.9 Å². The van der Waals surface area contributed by atoms with Crippen molar-refractivity contribution in [3.63, 3.8) is 0 Å². The number of aliphatic carboxylic acids is 3. The Balaban J connectivity index is 2.09. The summed E-state index contributed by atoms with van der Waals surface area (Å²) in [6.45, 7) is -0.716. The van der Waals surface area contributed by atoms with E-state index in [2.05, 4.69) is 21.3 Å². The second-order valence-electron chi connectivity index (χ2n) is 9.81. The van der Waals surface area contributed by atoms with Crippen LogP contribution in [0, 0.1) is 0 Å². The summed E-state index contributed by atoms with van der Waals surface area (Å²) in [5.74, 6) is -7.62. The second kappa shape index (κ2) is 17.6. The van der Waals surface area contributed by atoms with E-state index in [9.17, 15) is 43.8 Å². The first-order valence-electron chi connectivity index (χ1n) is 13.5. The molecule has 236 valence electrons. The molecule has 0 fully saturated rings. The Labute approximate surface area is 252 Å². The predicted molar refractivity (Wildman–Crippen MR) is 154 cm³/mol. The van der Waals surface area contributed by atoms with Crippen molar-refractivity contribution >= 4 is 41.5 Å². The first-order valence-corrected chi connectivity index (χ1v) is 13.5. The third-order valence-corrected chi connectivity index (χ3v) is 6.27. The smallest absolute Gasteiger partial charge is 0.326 e. The van der Waals surface area contributed by atoms with Crippen LogP contribution >= 0.6 is 0 Å². The Morgan fingerprint density at radius 2 is 1.16 bits per heavy atom. The molecule has 0 spiro atoms. The lowest BCUT2D eigenvalue weighted by molar-refractivity contribution is -0.142. The molecule has 2 aromatic carbocycles. The Hall–Kier alpha value is -5.31. The third-order valence-electron chi connectivity index (χ3n) is 6.27. The molecule has 0 bridgehead atoms. The Kier molecular flexibility index (Phi) is 14.0. The quantitative estimate of drug-likeness (QED) is 0.0990. The molecule has 0 unspecified atom stereocenters. The van der Waals surface area contributed by atoms with Gasteiger partial charge in [0.2, 0.25) is 23.6 Å². The number of carboxylic acid groups (broad SMARTS) is 3. The van der Waals surface area contributed by atoms with Gasteiger partial charge in [0, 0.05) is 19.3 Å². The van der Waals surface area contributed by atoms with Crippen LogP contribution in [0.4, 0.5) is 0 Å². The van der Waals surface area contributed by atoms with E-state index in [-0.39, 0.29) is 19.3 Å². The molecule has 9 N–H and O–H groups in total. The van der Waals surface area contributed by atoms with Gasteiger partial charge in [-0.1, -0.05) is 60.7 Å². The molecule has 0 saturated heterocycles. The second-order valence-corrected chi connectivity index (χ2v) is 9.81. The largest absolute Gasteiger partial charge is 0.481 e. The summed E-state index contributed by atoms with van der Waals surface area (Å²) >= 11 is 0. The molecule has 0 radical (unpaired) electrons. The number of carbonyl (C=O) groups excluding carboxylic acids is 4. The molecule has 0 aliphatic rings. The van der Waals surface area contributed by atoms with Crippen LogP contribution in [-0.2, 0) is 46.4 Å². The van der Waals surface area contributed by atoms with Crippen LogP contribution in [0.15, 0.2) is 60.7 Å². The average Bonchev–Trinajstić information content (AvgIpc) is 2.98. The van der Waals surface area contributed by atoms with Gasteiger partial charge in [-0.3, -0.25) is 28.8 Å². The van der Waals surface area contributed by atoms with Gasteiger partial charge in [0.15, 0.2) is 0 Å². The predicted octanol–water partition coefficient (Wildman–Crippen LogP) is -1.21. The zero-order chi connectivity index (χ0) is 32.6. The van der Waals surface area contributed by atoms with Gasteiger partial charge < -0.3 is 42.3 Å². The highest BCUT2D eigenvalue weighted by molar-refractivity contribution is 5.96. The van der Waals surface area contributed by atoms with Crippen molar-refractivity contribution in [2.24, 2.45) is 5.73 Å². The lowest BCUT2D eigenvalue weighted by Gasteiger charge is -2.24. The molecule has 4 atom stereocenters. The Morgan fingerprint density at radius 3 is 1.66 bits per heavy atom. The first-order chi connectivity index (χ1) is 20.8. The van der Waals surface area contributed by atoms with Crippen molar-refractivity contribution in [2.45, 2.75) is 56.3 Å². The number of amides is 4. The van der Waals surface area contributed by atoms with Crippen molar-refractivity contribution in [2.75, 3.05) is 6.54 Å². The van der Waals surface area contributed by atoms with E-state index in [1.54, 1.807) is 60.7 Å². The standard InChI is InChI=1S/C29H35N5O10/c30-19(11-12-24(36)37)26(40)33-20(13-17-7-3-1-4-8-17)28(42)34-21(15-25(38)39)27(41)31-16-23(35)32-22(29(43)44)14-18-9-5-2-6-10-18/h1-10,19-22H,11-16,30H2,(H,31,41)(H,32,35)(H,33,40)(H,34,42)(H,36,37)(H,38,39)(H,43,44)/t19-,20-,21-,22-/m0/s1. The maximum absolute atomic E-state index is 13.2. The zero-order valence-electron chi connectivity index (χ0n) is 23.6. The maximum Gasteiger partial charge on any atom is 0.326 e. The zero-order valence-corrected chi connectivity index (χ0v) is 23.6. The third kappa shape index (κ3) is 12.7. The number of hydrogen-bond donors (Lipinski definition) is 8. The number of benzene rings is 2. The van der Waals surface area contributed by atoms with E-state index in [4.69, 9.17) is 10.8 Å². The highest BCUT2D eigenvalue weighted by Gasteiger charge is 2.30. The molecule has 4 amide bonds. The van der Waals surface area contributed by atoms with Gasteiger partial charge in [-0.15, -0.1) is 0 Å². The molecule has 2 rings (SSSR count). The highest BCUT2D eigenvalue weighted by atomic mass is 16.4. The number of nitrogens with two attached hydrogens (primary N) is 1. The summed E-state index contributed by atoms with van der Waals surface area (Å²) < 4.78 is 0. The normalized spacial score (nSPS) is 13.3. The van der Waals surface area contributed by atoms with Crippen LogP contribution in [0.1, 0.15) is 30.4 Å². The van der Waals surface area contributed by atoms with E-state index in [1.165, 1.54) is 0 Å². The van der Waals surface area contributed by atoms with Crippen LogP contribution < -0.4 is 27.0 Å². The van der Waals surface area contributed by atoms with E-state index < -0.39 is 85.1 Å². The number of carboxylic acids is 3. The van der Waals surface area contributed by atoms with Gasteiger partial charge in [-0.05, 0) is 17.5 Å². The van der Waals surface area contributed by atoms with Crippen LogP contribution in [-0.4, -0.2) is 87.6 Å². The fourth-order valence-electron chi connectivity index (χ4n) is 3.99. The van der Waals surface area contributed by atoms with Crippen LogP contribution in [0.2, 0.25) is 0 Å². The molecule has 0 saturated carbocycles. The lowest BCUT2D eigenvalue weighted by Crippen LogP contribution is -2.57. The van der Waals surface area contributed by atoms with Crippen molar-refractivity contribution in [3.8, 4) is 0 Å². The molecule has 44 heavy (non-hydrogen) atoms. The molecule has 15 nitrogen and oxygen atoms in total. The van der Waals surface area contributed by atoms with Crippen LogP contribution in [0.25, 0.3) is 0 Å². The fourth-order valence-corrected chi connectivity index (χ4v) is 3.99. The minimum atomic E-state index is -1.68. The molecular formula is C29H35N5O10. The van der Waals surface area contributed by atoms with Gasteiger partial charge >= 0.3 is 17.9 Å². The van der Waals surface area contributed by atoms with Gasteiger partial charge in [0.1, 0.15) is 18.1 Å². The molecule has 0 heterocycles. The van der Waals surface area contributed by atoms with Gasteiger partial charge in [0.05, 0.1) is 19.0 Å². The van der Waals surface area contributed by atoms with E-state index in [0.29, 0.717) is 11.1 Å². The Bertz CT molecular complexity index is 1320. The molecular weight excluding hydrogens is 578 g/mol. The fraction of sp³-hybridized carbons (Fsp3) is 0.345. The van der Waals surface area contributed by atoms with E-state index in [0.717, 1.165) is 0 Å². The molecule has 2 aromatic rings. The van der Waals surface area contributed by atoms with Crippen LogP contribution in [0.5, 0.6) is 0 Å².